The van der Waals surface area contributed by atoms with Gasteiger partial charge in [0.1, 0.15) is 0 Å². The second kappa shape index (κ2) is 25.9. The van der Waals surface area contributed by atoms with Crippen molar-refractivity contribution in [1.29, 1.82) is 0 Å². The van der Waals surface area contributed by atoms with Gasteiger partial charge in [0.25, 0.3) is 11.8 Å². The Morgan fingerprint density at radius 3 is 1.48 bits per heavy atom. The maximum absolute atomic E-state index is 13.7. The molecule has 7 aromatic carbocycles. The fraction of sp³-hybridized carbons (Fsp3) is 0.313. The number of fused-ring (bicyclic) bond motifs is 2. The van der Waals surface area contributed by atoms with Crippen molar-refractivity contribution in [3.8, 4) is 11.1 Å². The van der Waals surface area contributed by atoms with Crippen molar-refractivity contribution in [2.75, 3.05) is 39.3 Å². The molecule has 2 aromatic heterocycles. The van der Waals surface area contributed by atoms with Crippen LogP contribution in [-0.2, 0) is 32.6 Å². The summed E-state index contributed by atoms with van der Waals surface area (Å²) in [6, 6.07) is 59.1. The van der Waals surface area contributed by atoms with E-state index < -0.39 is 0 Å². The fourth-order valence-corrected chi connectivity index (χ4v) is 11.4. The van der Waals surface area contributed by atoms with Crippen LogP contribution in [0.5, 0.6) is 0 Å². The summed E-state index contributed by atoms with van der Waals surface area (Å²) in [4.78, 5) is 45.6. The lowest BCUT2D eigenvalue weighted by atomic mass is 10.0. The fourth-order valence-electron chi connectivity index (χ4n) is 11.4. The van der Waals surface area contributed by atoms with Crippen molar-refractivity contribution in [2.45, 2.75) is 97.1 Å². The minimum Gasteiger partial charge on any atom is -0.336 e. The normalized spacial score (nSPS) is 16.1. The first kappa shape index (κ1) is 52.8. The molecule has 2 fully saturated rings. The van der Waals surface area contributed by atoms with Gasteiger partial charge in [0, 0.05) is 101 Å². The highest BCUT2D eigenvalue weighted by atomic mass is 16.2. The van der Waals surface area contributed by atoms with Crippen LogP contribution in [0, 0.1) is 0 Å². The molecular formula is C67H74N8O2. The summed E-state index contributed by atoms with van der Waals surface area (Å²) < 4.78 is 4.56. The SMILES string of the molecule is CCCC[C@H]1CN(C(=O)c2cccc3ccccc23)CCN1Cc1cncn1CCc1ccccc1.CCCC[C@H]1CN(C(=O)c2cccc3ccccc23)CCN1Cc1cncn1Cc1ccc(-c2ccccc2)cc1. The maximum atomic E-state index is 13.7. The number of hydrogen-bond acceptors (Lipinski definition) is 6. The molecule has 2 amide bonds. The largest absolute Gasteiger partial charge is 0.336 e. The number of carbonyl (C=O) groups is 2. The molecule has 0 saturated carbocycles. The highest BCUT2D eigenvalue weighted by molar-refractivity contribution is 6.08. The molecule has 0 N–H and O–H groups in total. The molecule has 2 aliphatic heterocycles. The first-order chi connectivity index (χ1) is 37.9. The van der Waals surface area contributed by atoms with E-state index in [0.717, 1.165) is 137 Å². The first-order valence-corrected chi connectivity index (χ1v) is 28.1. The first-order valence-electron chi connectivity index (χ1n) is 28.1. The van der Waals surface area contributed by atoms with Crippen LogP contribution in [0.4, 0.5) is 0 Å². The summed E-state index contributed by atoms with van der Waals surface area (Å²) in [7, 11) is 0. The second-order valence-corrected chi connectivity index (χ2v) is 21.0. The number of aryl methyl sites for hydroxylation is 2. The lowest BCUT2D eigenvalue weighted by Crippen LogP contribution is -2.54. The molecule has 0 bridgehead atoms. The summed E-state index contributed by atoms with van der Waals surface area (Å²) in [6.07, 6.45) is 15.7. The smallest absolute Gasteiger partial charge is 0.254 e. The zero-order valence-electron chi connectivity index (χ0n) is 45.0. The van der Waals surface area contributed by atoms with Gasteiger partial charge in [-0.1, -0.05) is 197 Å². The minimum atomic E-state index is 0.145. The van der Waals surface area contributed by atoms with E-state index in [1.807, 2.05) is 79.6 Å². The minimum absolute atomic E-state index is 0.145. The molecular weight excluding hydrogens is 949 g/mol. The number of amides is 2. The summed E-state index contributed by atoms with van der Waals surface area (Å²) in [6.45, 7) is 12.7. The van der Waals surface area contributed by atoms with Gasteiger partial charge < -0.3 is 18.9 Å². The van der Waals surface area contributed by atoms with Crippen LogP contribution in [0.2, 0.25) is 0 Å². The Hall–Kier alpha value is -7.66. The molecule has 2 aliphatic rings. The van der Waals surface area contributed by atoms with Gasteiger partial charge >= 0.3 is 0 Å². The molecule has 9 aromatic rings. The average molecular weight is 1020 g/mol. The van der Waals surface area contributed by atoms with Crippen LogP contribution in [0.15, 0.2) is 195 Å². The van der Waals surface area contributed by atoms with E-state index in [2.05, 4.69) is 168 Å². The molecule has 2 atom stereocenters. The zero-order valence-corrected chi connectivity index (χ0v) is 45.0. The number of rotatable bonds is 18. The van der Waals surface area contributed by atoms with Gasteiger partial charge in [-0.25, -0.2) is 9.97 Å². The van der Waals surface area contributed by atoms with Crippen molar-refractivity contribution >= 4 is 33.4 Å². The van der Waals surface area contributed by atoms with E-state index in [-0.39, 0.29) is 11.8 Å². The van der Waals surface area contributed by atoms with Crippen LogP contribution >= 0.6 is 0 Å². The van der Waals surface area contributed by atoms with E-state index >= 15 is 0 Å². The van der Waals surface area contributed by atoms with Crippen LogP contribution < -0.4 is 0 Å². The van der Waals surface area contributed by atoms with Crippen molar-refractivity contribution in [2.24, 2.45) is 0 Å². The number of imidazole rings is 2. The Balaban J connectivity index is 0.000000176. The Morgan fingerprint density at radius 2 is 0.935 bits per heavy atom. The predicted molar refractivity (Wildman–Crippen MR) is 313 cm³/mol. The van der Waals surface area contributed by atoms with Crippen molar-refractivity contribution in [1.82, 2.24) is 38.7 Å². The molecule has 0 radical (unpaired) electrons. The summed E-state index contributed by atoms with van der Waals surface area (Å²) >= 11 is 0. The molecule has 4 heterocycles. The van der Waals surface area contributed by atoms with Crippen LogP contribution in [0.1, 0.15) is 95.6 Å². The molecule has 0 spiro atoms. The zero-order chi connectivity index (χ0) is 52.8. The molecule has 10 heteroatoms. The van der Waals surface area contributed by atoms with E-state index in [4.69, 9.17) is 0 Å². The topological polar surface area (TPSA) is 82.7 Å². The second-order valence-electron chi connectivity index (χ2n) is 21.0. The standard InChI is InChI=1S/C36H38N4O.C31H36N4O/c1-2-3-14-32-25-39(36(41)35-16-9-13-31-12-7-8-15-34(31)35)22-21-38(32)26-33-23-37-27-40(33)24-28-17-19-30(20-18-28)29-10-5-4-6-11-29;1-2-3-14-27-22-34(31(36)30-16-9-13-26-12-7-8-15-29(26)30)20-19-33(27)23-28-21-32-24-35(28)18-17-25-10-5-4-6-11-25/h4-13,15-20,23,27,32H,2-3,14,21-22,24-26H2,1H3;4-13,15-16,21,24,27H,2-3,14,17-20,22-23H2,1H3/t32-;27-/m00/s1. The van der Waals surface area contributed by atoms with Crippen molar-refractivity contribution in [3.05, 3.63) is 229 Å². The van der Waals surface area contributed by atoms with Gasteiger partial charge in [-0.05, 0) is 75.2 Å². The van der Waals surface area contributed by atoms with Gasteiger partial charge in [-0.3, -0.25) is 19.4 Å². The van der Waals surface area contributed by atoms with Crippen LogP contribution in [-0.4, -0.2) is 102 Å². The number of benzene rings is 7. The molecule has 2 saturated heterocycles. The van der Waals surface area contributed by atoms with Gasteiger partial charge in [0.15, 0.2) is 0 Å². The summed E-state index contributed by atoms with van der Waals surface area (Å²) in [5.41, 5.74) is 9.16. The predicted octanol–water partition coefficient (Wildman–Crippen LogP) is 13.1. The molecule has 0 aliphatic carbocycles. The number of hydrogen-bond donors (Lipinski definition) is 0. The Morgan fingerprint density at radius 1 is 0.468 bits per heavy atom. The summed E-state index contributed by atoms with van der Waals surface area (Å²) in [5.74, 6) is 0.299. The number of nitrogens with zero attached hydrogens (tertiary/aromatic N) is 8. The van der Waals surface area contributed by atoms with E-state index in [0.29, 0.717) is 12.1 Å². The summed E-state index contributed by atoms with van der Waals surface area (Å²) in [5, 5.41) is 4.31. The van der Waals surface area contributed by atoms with E-state index in [1.165, 1.54) is 40.1 Å². The van der Waals surface area contributed by atoms with Crippen molar-refractivity contribution < 1.29 is 9.59 Å². The quantitative estimate of drug-likeness (QED) is 0.0852. The third-order valence-electron chi connectivity index (χ3n) is 15.8. The highest BCUT2D eigenvalue weighted by Gasteiger charge is 2.32. The molecule has 77 heavy (non-hydrogen) atoms. The molecule has 394 valence electrons. The maximum Gasteiger partial charge on any atom is 0.254 e. The van der Waals surface area contributed by atoms with Gasteiger partial charge in [-0.15, -0.1) is 0 Å². The Kier molecular flexibility index (Phi) is 17.8. The molecule has 11 rings (SSSR count). The number of unbranched alkanes of at least 4 members (excludes halogenated alkanes) is 2. The molecule has 0 unspecified atom stereocenters. The number of carbonyl (C=O) groups excluding carboxylic acids is 2. The third-order valence-corrected chi connectivity index (χ3v) is 15.8. The molecule has 10 nitrogen and oxygen atoms in total. The number of aromatic nitrogens is 4. The monoisotopic (exact) mass is 1020 g/mol. The Bertz CT molecular complexity index is 3300. The highest BCUT2D eigenvalue weighted by Crippen LogP contribution is 2.27. The lowest BCUT2D eigenvalue weighted by molar-refractivity contribution is 0.0425. The third kappa shape index (κ3) is 13.1. The van der Waals surface area contributed by atoms with Gasteiger partial charge in [0.2, 0.25) is 0 Å². The lowest BCUT2D eigenvalue weighted by Gasteiger charge is -2.41. The average Bonchev–Trinajstić information content (AvgIpc) is 4.15. The van der Waals surface area contributed by atoms with Crippen molar-refractivity contribution in [3.63, 3.8) is 0 Å². The van der Waals surface area contributed by atoms with Gasteiger partial charge in [-0.2, -0.15) is 0 Å². The van der Waals surface area contributed by atoms with Gasteiger partial charge in [0.05, 0.1) is 24.0 Å². The van der Waals surface area contributed by atoms with Crippen LogP contribution in [0.25, 0.3) is 32.7 Å². The Labute approximate surface area is 455 Å². The van der Waals surface area contributed by atoms with Crippen LogP contribution in [0.3, 0.4) is 0 Å². The number of piperazine rings is 2. The van der Waals surface area contributed by atoms with E-state index in [9.17, 15) is 9.59 Å². The van der Waals surface area contributed by atoms with E-state index in [1.54, 1.807) is 0 Å².